The molecule has 0 aliphatic heterocycles. The van der Waals surface area contributed by atoms with Gasteiger partial charge in [0.2, 0.25) is 0 Å². The van der Waals surface area contributed by atoms with E-state index < -0.39 is 10.1 Å². The van der Waals surface area contributed by atoms with Crippen LogP contribution in [0, 0.1) is 0 Å². The van der Waals surface area contributed by atoms with Crippen molar-refractivity contribution in [3.05, 3.63) is 0 Å². The summed E-state index contributed by atoms with van der Waals surface area (Å²) in [6, 6.07) is 0. The van der Waals surface area contributed by atoms with Gasteiger partial charge in [-0.3, -0.25) is 0 Å². The predicted molar refractivity (Wildman–Crippen MR) is 136 cm³/mol. The summed E-state index contributed by atoms with van der Waals surface area (Å²) in [4.78, 5) is 0. The summed E-state index contributed by atoms with van der Waals surface area (Å²) in [5, 5.41) is 0. The zero-order chi connectivity index (χ0) is 24.3. The van der Waals surface area contributed by atoms with Crippen molar-refractivity contribution in [1.29, 1.82) is 0 Å². The smallest absolute Gasteiger partial charge is 0.748 e. The molecular formula is C26H53NaO6S. The van der Waals surface area contributed by atoms with E-state index >= 15 is 0 Å². The summed E-state index contributed by atoms with van der Waals surface area (Å²) < 4.78 is 47.7. The average molecular weight is 517 g/mol. The van der Waals surface area contributed by atoms with Gasteiger partial charge in [-0.05, 0) is 19.3 Å². The monoisotopic (exact) mass is 516 g/mol. The first kappa shape index (κ1) is 36.9. The molecule has 0 aliphatic carbocycles. The molecule has 0 bridgehead atoms. The van der Waals surface area contributed by atoms with Crippen LogP contribution in [-0.2, 0) is 24.3 Å². The molecule has 200 valence electrons. The molecule has 0 heterocycles. The van der Waals surface area contributed by atoms with Crippen LogP contribution in [0.15, 0.2) is 0 Å². The summed E-state index contributed by atoms with van der Waals surface area (Å²) >= 11 is 0. The van der Waals surface area contributed by atoms with Crippen molar-refractivity contribution in [3.8, 4) is 0 Å². The van der Waals surface area contributed by atoms with E-state index in [0.717, 1.165) is 13.0 Å². The van der Waals surface area contributed by atoms with Crippen LogP contribution in [0.5, 0.6) is 0 Å². The summed E-state index contributed by atoms with van der Waals surface area (Å²) in [7, 11) is -4.10. The van der Waals surface area contributed by atoms with Crippen LogP contribution >= 0.6 is 0 Å². The Balaban J connectivity index is 0. The van der Waals surface area contributed by atoms with Gasteiger partial charge in [-0.15, -0.1) is 0 Å². The summed E-state index contributed by atoms with van der Waals surface area (Å²) in [5.74, 6) is -0.316. The van der Waals surface area contributed by atoms with Gasteiger partial charge in [0.1, 0.15) is 0 Å². The summed E-state index contributed by atoms with van der Waals surface area (Å²) in [6.07, 6.45) is 22.9. The van der Waals surface area contributed by atoms with Crippen molar-refractivity contribution in [2.75, 3.05) is 45.4 Å². The molecular weight excluding hydrogens is 463 g/mol. The number of ether oxygens (including phenoxy) is 3. The standard InChI is InChI=1S/C26H54O6S.Na/c1-2-3-4-5-6-7-8-9-10-11-12-13-14-15-16-17-20-30-22-24-32-25-23-31-21-18-19-26-33(27,28)29;/h2-26H2,1H3,(H,27,28,29);/q;+1/p-1. The molecule has 0 unspecified atom stereocenters. The maximum atomic E-state index is 10.4. The zero-order valence-corrected chi connectivity index (χ0v) is 25.4. The van der Waals surface area contributed by atoms with E-state index in [9.17, 15) is 13.0 Å². The van der Waals surface area contributed by atoms with Gasteiger partial charge in [0.05, 0.1) is 36.5 Å². The second kappa shape index (κ2) is 30.0. The Morgan fingerprint density at radius 2 is 0.765 bits per heavy atom. The van der Waals surface area contributed by atoms with E-state index in [-0.39, 0.29) is 35.3 Å². The van der Waals surface area contributed by atoms with E-state index in [1.165, 1.54) is 96.3 Å². The molecule has 34 heavy (non-hydrogen) atoms. The Hall–Kier alpha value is 0.790. The quantitative estimate of drug-likeness (QED) is 0.0897. The molecule has 0 amide bonds. The van der Waals surface area contributed by atoms with Crippen molar-refractivity contribution in [2.24, 2.45) is 0 Å². The van der Waals surface area contributed by atoms with Crippen molar-refractivity contribution < 1.29 is 56.7 Å². The fourth-order valence-electron chi connectivity index (χ4n) is 3.78. The SMILES string of the molecule is CCCCCCCCCCCCCCCCCCOCCOCCOCCCCS(=O)(=O)[O-].[Na+]. The second-order valence-electron chi connectivity index (χ2n) is 9.11. The first-order valence-electron chi connectivity index (χ1n) is 13.7. The fourth-order valence-corrected chi connectivity index (χ4v) is 4.33. The summed E-state index contributed by atoms with van der Waals surface area (Å²) in [5.41, 5.74) is 0. The third-order valence-corrected chi connectivity index (χ3v) is 6.61. The fraction of sp³-hybridized carbons (Fsp3) is 1.00. The minimum absolute atomic E-state index is 0. The van der Waals surface area contributed by atoms with Crippen LogP contribution in [0.3, 0.4) is 0 Å². The van der Waals surface area contributed by atoms with Crippen LogP contribution in [0.25, 0.3) is 0 Å². The molecule has 0 radical (unpaired) electrons. The number of hydrogen-bond donors (Lipinski definition) is 0. The minimum Gasteiger partial charge on any atom is -0.748 e. The number of hydrogen-bond acceptors (Lipinski definition) is 6. The van der Waals surface area contributed by atoms with Gasteiger partial charge in [-0.1, -0.05) is 103 Å². The predicted octanol–water partition coefficient (Wildman–Crippen LogP) is 3.63. The molecule has 0 saturated carbocycles. The van der Waals surface area contributed by atoms with Gasteiger partial charge in [0.25, 0.3) is 0 Å². The van der Waals surface area contributed by atoms with Crippen molar-refractivity contribution >= 4 is 10.1 Å². The summed E-state index contributed by atoms with van der Waals surface area (Å²) in [6.45, 7) is 5.69. The molecule has 0 aliphatic rings. The molecule has 0 aromatic carbocycles. The van der Waals surface area contributed by atoms with Crippen LogP contribution in [-0.4, -0.2) is 58.4 Å². The van der Waals surface area contributed by atoms with E-state index in [2.05, 4.69) is 6.92 Å². The molecule has 0 aromatic heterocycles. The first-order valence-corrected chi connectivity index (χ1v) is 15.3. The normalized spacial score (nSPS) is 11.6. The van der Waals surface area contributed by atoms with Gasteiger partial charge >= 0.3 is 29.6 Å². The van der Waals surface area contributed by atoms with E-state index in [4.69, 9.17) is 14.2 Å². The maximum absolute atomic E-state index is 10.4. The first-order chi connectivity index (χ1) is 16.1. The topological polar surface area (TPSA) is 84.9 Å². The number of unbranched alkanes of at least 4 members (excludes halogenated alkanes) is 16. The maximum Gasteiger partial charge on any atom is 1.00 e. The van der Waals surface area contributed by atoms with Gasteiger partial charge < -0.3 is 18.8 Å². The van der Waals surface area contributed by atoms with Crippen molar-refractivity contribution in [2.45, 2.75) is 122 Å². The third-order valence-electron chi connectivity index (χ3n) is 5.82. The van der Waals surface area contributed by atoms with Crippen molar-refractivity contribution in [3.63, 3.8) is 0 Å². The van der Waals surface area contributed by atoms with E-state index in [1.807, 2.05) is 0 Å². The largest absolute Gasteiger partial charge is 1.00 e. The Bertz CT molecular complexity index is 476. The van der Waals surface area contributed by atoms with Gasteiger partial charge in [-0.25, -0.2) is 8.42 Å². The molecule has 0 N–H and O–H groups in total. The molecule has 0 rings (SSSR count). The van der Waals surface area contributed by atoms with Gasteiger partial charge in [0, 0.05) is 19.0 Å². The number of rotatable bonds is 28. The average Bonchev–Trinajstić information content (AvgIpc) is 2.78. The second-order valence-corrected chi connectivity index (χ2v) is 10.6. The minimum atomic E-state index is -4.10. The van der Waals surface area contributed by atoms with Crippen LogP contribution < -0.4 is 29.6 Å². The Kier molecular flexibility index (Phi) is 32.6. The molecule has 0 atom stereocenters. The van der Waals surface area contributed by atoms with Crippen LogP contribution in [0.1, 0.15) is 122 Å². The Morgan fingerprint density at radius 3 is 1.12 bits per heavy atom. The van der Waals surface area contributed by atoms with Gasteiger partial charge in [0.15, 0.2) is 0 Å². The third kappa shape index (κ3) is 35.0. The van der Waals surface area contributed by atoms with Crippen LogP contribution in [0.4, 0.5) is 0 Å². The zero-order valence-electron chi connectivity index (χ0n) is 22.5. The molecule has 0 saturated heterocycles. The Labute approximate surface area is 233 Å². The molecule has 0 spiro atoms. The molecule has 8 heteroatoms. The van der Waals surface area contributed by atoms with Crippen LogP contribution in [0.2, 0.25) is 0 Å². The van der Waals surface area contributed by atoms with E-state index in [1.54, 1.807) is 0 Å². The van der Waals surface area contributed by atoms with Crippen molar-refractivity contribution in [1.82, 2.24) is 0 Å². The molecule has 6 nitrogen and oxygen atoms in total. The van der Waals surface area contributed by atoms with Gasteiger partial charge in [-0.2, -0.15) is 0 Å². The van der Waals surface area contributed by atoms with E-state index in [0.29, 0.717) is 45.9 Å². The molecule has 0 fully saturated rings. The molecule has 0 aromatic rings. The Morgan fingerprint density at radius 1 is 0.471 bits per heavy atom.